The molecule has 0 fully saturated rings. The maximum absolute atomic E-state index is 13.5. The van der Waals surface area contributed by atoms with Gasteiger partial charge in [-0.25, -0.2) is 4.39 Å². The van der Waals surface area contributed by atoms with Gasteiger partial charge in [0.2, 0.25) is 0 Å². The standard InChI is InChI=1S/C17H29FN2O/c1-12(2)9-17(11-19,10-13(3)4)20-14-6-7-15(18)16(8-14)21-5/h6-8,12-13,20H,9-11,19H2,1-5H3. The second kappa shape index (κ2) is 7.64. The maximum Gasteiger partial charge on any atom is 0.165 e. The molecule has 0 atom stereocenters. The highest BCUT2D eigenvalue weighted by molar-refractivity contribution is 5.51. The molecule has 1 aromatic rings. The van der Waals surface area contributed by atoms with Crippen molar-refractivity contribution in [2.24, 2.45) is 17.6 Å². The first-order valence-corrected chi connectivity index (χ1v) is 7.63. The van der Waals surface area contributed by atoms with Crippen LogP contribution in [0.4, 0.5) is 10.1 Å². The van der Waals surface area contributed by atoms with E-state index in [9.17, 15) is 4.39 Å². The fourth-order valence-corrected chi connectivity index (χ4v) is 3.01. The molecule has 1 aromatic carbocycles. The Bertz CT molecular complexity index is 436. The van der Waals surface area contributed by atoms with Crippen LogP contribution in [-0.2, 0) is 0 Å². The Kier molecular flexibility index (Phi) is 6.46. The van der Waals surface area contributed by atoms with E-state index in [0.29, 0.717) is 18.4 Å². The summed E-state index contributed by atoms with van der Waals surface area (Å²) >= 11 is 0. The molecule has 0 aliphatic carbocycles. The molecule has 0 bridgehead atoms. The van der Waals surface area contributed by atoms with Crippen molar-refractivity contribution >= 4 is 5.69 Å². The summed E-state index contributed by atoms with van der Waals surface area (Å²) in [6, 6.07) is 4.86. The molecule has 120 valence electrons. The number of ether oxygens (including phenoxy) is 1. The molecule has 21 heavy (non-hydrogen) atoms. The van der Waals surface area contributed by atoms with Crippen molar-refractivity contribution in [1.82, 2.24) is 0 Å². The molecule has 0 unspecified atom stereocenters. The van der Waals surface area contributed by atoms with Gasteiger partial charge in [-0.3, -0.25) is 0 Å². The molecule has 0 heterocycles. The van der Waals surface area contributed by atoms with E-state index >= 15 is 0 Å². The number of hydrogen-bond donors (Lipinski definition) is 2. The van der Waals surface area contributed by atoms with Crippen LogP contribution in [-0.4, -0.2) is 19.2 Å². The van der Waals surface area contributed by atoms with Crippen LogP contribution in [0, 0.1) is 17.7 Å². The van der Waals surface area contributed by atoms with Gasteiger partial charge >= 0.3 is 0 Å². The lowest BCUT2D eigenvalue weighted by molar-refractivity contribution is 0.317. The summed E-state index contributed by atoms with van der Waals surface area (Å²) in [5.41, 5.74) is 6.76. The van der Waals surface area contributed by atoms with Gasteiger partial charge in [0, 0.05) is 18.3 Å². The quantitative estimate of drug-likeness (QED) is 0.761. The van der Waals surface area contributed by atoms with Gasteiger partial charge in [0.25, 0.3) is 0 Å². The van der Waals surface area contributed by atoms with Gasteiger partial charge in [-0.15, -0.1) is 0 Å². The maximum atomic E-state index is 13.5. The lowest BCUT2D eigenvalue weighted by atomic mass is 9.81. The fraction of sp³-hybridized carbons (Fsp3) is 0.647. The highest BCUT2D eigenvalue weighted by Gasteiger charge is 2.30. The number of benzene rings is 1. The molecule has 3 N–H and O–H groups in total. The Hall–Kier alpha value is -1.29. The third-order valence-electron chi connectivity index (χ3n) is 3.55. The summed E-state index contributed by atoms with van der Waals surface area (Å²) < 4.78 is 18.6. The van der Waals surface area contributed by atoms with E-state index in [-0.39, 0.29) is 17.1 Å². The van der Waals surface area contributed by atoms with E-state index < -0.39 is 0 Å². The van der Waals surface area contributed by atoms with Crippen molar-refractivity contribution in [3.05, 3.63) is 24.0 Å². The van der Waals surface area contributed by atoms with Gasteiger partial charge in [-0.2, -0.15) is 0 Å². The van der Waals surface area contributed by atoms with Gasteiger partial charge < -0.3 is 15.8 Å². The summed E-state index contributed by atoms with van der Waals surface area (Å²) in [5, 5.41) is 3.54. The average molecular weight is 296 g/mol. The third kappa shape index (κ3) is 5.20. The Morgan fingerprint density at radius 1 is 1.19 bits per heavy atom. The second-order valence-electron chi connectivity index (χ2n) is 6.65. The van der Waals surface area contributed by atoms with E-state index in [1.807, 2.05) is 0 Å². The highest BCUT2D eigenvalue weighted by Crippen LogP contribution is 2.30. The summed E-state index contributed by atoms with van der Waals surface area (Å²) in [4.78, 5) is 0. The number of nitrogens with two attached hydrogens (primary N) is 1. The van der Waals surface area contributed by atoms with Gasteiger partial charge in [-0.1, -0.05) is 27.7 Å². The van der Waals surface area contributed by atoms with Crippen molar-refractivity contribution in [2.75, 3.05) is 19.0 Å². The zero-order valence-corrected chi connectivity index (χ0v) is 13.9. The minimum atomic E-state index is -0.353. The molecule has 0 aromatic heterocycles. The van der Waals surface area contributed by atoms with Crippen LogP contribution < -0.4 is 15.8 Å². The largest absolute Gasteiger partial charge is 0.494 e. The first kappa shape index (κ1) is 17.8. The Balaban J connectivity index is 3.04. The molecule has 0 aliphatic heterocycles. The molecule has 0 radical (unpaired) electrons. The molecular formula is C17H29FN2O. The van der Waals surface area contributed by atoms with Crippen LogP contribution >= 0.6 is 0 Å². The van der Waals surface area contributed by atoms with Gasteiger partial charge in [0.15, 0.2) is 11.6 Å². The van der Waals surface area contributed by atoms with Crippen molar-refractivity contribution in [3.63, 3.8) is 0 Å². The smallest absolute Gasteiger partial charge is 0.165 e. The van der Waals surface area contributed by atoms with Crippen LogP contribution in [0.1, 0.15) is 40.5 Å². The molecule has 0 aliphatic rings. The number of methoxy groups -OCH3 is 1. The minimum absolute atomic E-state index is 0.175. The normalized spacial score (nSPS) is 12.0. The molecule has 1 rings (SSSR count). The average Bonchev–Trinajstić information content (AvgIpc) is 2.39. The Morgan fingerprint density at radius 2 is 1.76 bits per heavy atom. The van der Waals surface area contributed by atoms with E-state index in [0.717, 1.165) is 18.5 Å². The van der Waals surface area contributed by atoms with Gasteiger partial charge in [-0.05, 0) is 36.8 Å². The number of nitrogens with one attached hydrogen (secondary N) is 1. The van der Waals surface area contributed by atoms with Crippen molar-refractivity contribution in [3.8, 4) is 5.75 Å². The van der Waals surface area contributed by atoms with E-state index in [4.69, 9.17) is 10.5 Å². The second-order valence-corrected chi connectivity index (χ2v) is 6.65. The number of halogens is 1. The molecule has 0 saturated heterocycles. The lowest BCUT2D eigenvalue weighted by Crippen LogP contribution is -2.47. The summed E-state index contributed by atoms with van der Waals surface area (Å²) in [7, 11) is 1.47. The first-order chi connectivity index (χ1) is 9.81. The number of anilines is 1. The van der Waals surface area contributed by atoms with Crippen molar-refractivity contribution in [2.45, 2.75) is 46.1 Å². The Morgan fingerprint density at radius 3 is 2.19 bits per heavy atom. The van der Waals surface area contributed by atoms with Crippen LogP contribution in [0.25, 0.3) is 0 Å². The number of rotatable bonds is 8. The van der Waals surface area contributed by atoms with Crippen molar-refractivity contribution in [1.29, 1.82) is 0 Å². The Labute approximate surface area is 128 Å². The van der Waals surface area contributed by atoms with E-state index in [2.05, 4.69) is 33.0 Å². The molecule has 0 amide bonds. The minimum Gasteiger partial charge on any atom is -0.494 e. The first-order valence-electron chi connectivity index (χ1n) is 7.63. The van der Waals surface area contributed by atoms with Crippen molar-refractivity contribution < 1.29 is 9.13 Å². The predicted molar refractivity (Wildman–Crippen MR) is 87.3 cm³/mol. The fourth-order valence-electron chi connectivity index (χ4n) is 3.01. The number of hydrogen-bond acceptors (Lipinski definition) is 3. The summed E-state index contributed by atoms with van der Waals surface area (Å²) in [6.45, 7) is 9.31. The van der Waals surface area contributed by atoms with Gasteiger partial charge in [0.05, 0.1) is 12.6 Å². The van der Waals surface area contributed by atoms with Crippen LogP contribution in [0.15, 0.2) is 18.2 Å². The van der Waals surface area contributed by atoms with Crippen LogP contribution in [0.5, 0.6) is 5.75 Å². The SMILES string of the molecule is COc1cc(NC(CN)(CC(C)C)CC(C)C)ccc1F. The predicted octanol–water partition coefficient (Wildman–Crippen LogP) is 4.04. The van der Waals surface area contributed by atoms with E-state index in [1.54, 1.807) is 12.1 Å². The highest BCUT2D eigenvalue weighted by atomic mass is 19.1. The van der Waals surface area contributed by atoms with Crippen LogP contribution in [0.3, 0.4) is 0 Å². The zero-order chi connectivity index (χ0) is 16.0. The summed E-state index contributed by atoms with van der Waals surface area (Å²) in [5.74, 6) is 0.957. The monoisotopic (exact) mass is 296 g/mol. The topological polar surface area (TPSA) is 47.3 Å². The third-order valence-corrected chi connectivity index (χ3v) is 3.55. The van der Waals surface area contributed by atoms with Gasteiger partial charge in [0.1, 0.15) is 0 Å². The molecule has 3 nitrogen and oxygen atoms in total. The van der Waals surface area contributed by atoms with Crippen LogP contribution in [0.2, 0.25) is 0 Å². The lowest BCUT2D eigenvalue weighted by Gasteiger charge is -2.38. The molecule has 0 saturated carbocycles. The zero-order valence-electron chi connectivity index (χ0n) is 13.9. The molecule has 4 heteroatoms. The summed E-state index contributed by atoms with van der Waals surface area (Å²) in [6.07, 6.45) is 1.95. The molecule has 0 spiro atoms. The molecular weight excluding hydrogens is 267 g/mol. The van der Waals surface area contributed by atoms with E-state index in [1.165, 1.54) is 13.2 Å².